The van der Waals surface area contributed by atoms with Gasteiger partial charge in [0, 0.05) is 30.2 Å². The van der Waals surface area contributed by atoms with Gasteiger partial charge in [0.15, 0.2) is 5.78 Å². The van der Waals surface area contributed by atoms with E-state index in [9.17, 15) is 18.0 Å². The molecule has 0 saturated heterocycles. The number of ketones is 1. The van der Waals surface area contributed by atoms with E-state index in [1.54, 1.807) is 36.4 Å². The van der Waals surface area contributed by atoms with Crippen molar-refractivity contribution >= 4 is 33.4 Å². The predicted octanol–water partition coefficient (Wildman–Crippen LogP) is 3.77. The van der Waals surface area contributed by atoms with Crippen LogP contribution < -0.4 is 0 Å². The molecule has 0 N–H and O–H groups in total. The van der Waals surface area contributed by atoms with Crippen LogP contribution in [-0.4, -0.2) is 38.6 Å². The lowest BCUT2D eigenvalue weighted by molar-refractivity contribution is 0.0438. The van der Waals surface area contributed by atoms with Gasteiger partial charge < -0.3 is 9.15 Å². The first-order valence-electron chi connectivity index (χ1n) is 8.78. The van der Waals surface area contributed by atoms with E-state index >= 15 is 0 Å². The Morgan fingerprint density at radius 3 is 2.23 bits per heavy atom. The number of carbonyl (C=O) groups excluding carboxylic acids is 2. The Morgan fingerprint density at radius 2 is 1.60 bits per heavy atom. The van der Waals surface area contributed by atoms with Gasteiger partial charge in [-0.3, -0.25) is 4.79 Å². The molecule has 30 heavy (non-hydrogen) atoms. The van der Waals surface area contributed by atoms with Crippen LogP contribution >= 0.6 is 11.6 Å². The Balaban J connectivity index is 1.76. The highest BCUT2D eigenvalue weighted by atomic mass is 35.5. The molecule has 156 valence electrons. The van der Waals surface area contributed by atoms with Gasteiger partial charge >= 0.3 is 5.97 Å². The second-order valence-electron chi connectivity index (χ2n) is 6.47. The normalized spacial score (nSPS) is 11.5. The Kier molecular flexibility index (Phi) is 6.40. The number of rotatable bonds is 7. The fourth-order valence-electron chi connectivity index (χ4n) is 2.58. The van der Waals surface area contributed by atoms with E-state index < -0.39 is 16.0 Å². The average molecular weight is 448 g/mol. The van der Waals surface area contributed by atoms with Crippen LogP contribution in [-0.2, 0) is 21.4 Å². The van der Waals surface area contributed by atoms with Crippen LogP contribution in [0.2, 0.25) is 5.02 Å². The number of halogens is 1. The molecule has 9 heteroatoms. The van der Waals surface area contributed by atoms with Crippen molar-refractivity contribution in [3.8, 4) is 0 Å². The van der Waals surface area contributed by atoms with Gasteiger partial charge in [0.05, 0.1) is 5.56 Å². The van der Waals surface area contributed by atoms with E-state index in [2.05, 4.69) is 0 Å². The lowest BCUT2D eigenvalue weighted by Gasteiger charge is -2.09. The Hall–Kier alpha value is -2.94. The predicted molar refractivity (Wildman–Crippen MR) is 110 cm³/mol. The van der Waals surface area contributed by atoms with E-state index in [-0.39, 0.29) is 34.4 Å². The number of carbonyl (C=O) groups is 2. The van der Waals surface area contributed by atoms with Gasteiger partial charge in [-0.15, -0.1) is 0 Å². The molecule has 0 unspecified atom stereocenters. The largest absolute Gasteiger partial charge is 0.454 e. The summed E-state index contributed by atoms with van der Waals surface area (Å²) in [5.41, 5.74) is 0.648. The molecule has 0 aliphatic heterocycles. The number of benzene rings is 2. The molecule has 7 nitrogen and oxygen atoms in total. The van der Waals surface area contributed by atoms with Gasteiger partial charge in [-0.05, 0) is 42.5 Å². The number of sulfonamides is 1. The summed E-state index contributed by atoms with van der Waals surface area (Å²) in [5, 5.41) is 0.241. The SMILES string of the molecule is CN(C)S(=O)(=O)c1ccc(COC(=O)c2ccccc2C(=O)c2ccc(Cl)cc2)o1. The van der Waals surface area contributed by atoms with Crippen molar-refractivity contribution in [3.63, 3.8) is 0 Å². The minimum Gasteiger partial charge on any atom is -0.454 e. The average Bonchev–Trinajstić information content (AvgIpc) is 3.22. The summed E-state index contributed by atoms with van der Waals surface area (Å²) >= 11 is 5.86. The minimum atomic E-state index is -3.73. The summed E-state index contributed by atoms with van der Waals surface area (Å²) in [4.78, 5) is 25.4. The van der Waals surface area contributed by atoms with E-state index in [1.807, 2.05) is 0 Å². The van der Waals surface area contributed by atoms with Crippen LogP contribution in [0, 0.1) is 0 Å². The quantitative estimate of drug-likeness (QED) is 0.404. The molecule has 0 saturated carbocycles. The van der Waals surface area contributed by atoms with E-state index in [0.717, 1.165) is 4.31 Å². The molecule has 0 spiro atoms. The van der Waals surface area contributed by atoms with Crippen LogP contribution in [0.1, 0.15) is 32.0 Å². The van der Waals surface area contributed by atoms with Crippen molar-refractivity contribution < 1.29 is 27.2 Å². The second-order valence-corrected chi connectivity index (χ2v) is 8.99. The third kappa shape index (κ3) is 4.62. The fourth-order valence-corrected chi connectivity index (χ4v) is 3.52. The molecule has 0 amide bonds. The summed E-state index contributed by atoms with van der Waals surface area (Å²) in [5.74, 6) is -0.928. The number of ether oxygens (including phenoxy) is 1. The van der Waals surface area contributed by atoms with E-state index in [4.69, 9.17) is 20.8 Å². The Bertz CT molecular complexity index is 1180. The third-order valence-corrected chi connectivity index (χ3v) is 6.16. The zero-order valence-electron chi connectivity index (χ0n) is 16.2. The van der Waals surface area contributed by atoms with Crippen molar-refractivity contribution in [2.24, 2.45) is 0 Å². The fraction of sp³-hybridized carbons (Fsp3) is 0.143. The minimum absolute atomic E-state index is 0.0881. The van der Waals surface area contributed by atoms with Gasteiger partial charge in [0.2, 0.25) is 5.09 Å². The topological polar surface area (TPSA) is 93.9 Å². The smallest absolute Gasteiger partial charge is 0.339 e. The van der Waals surface area contributed by atoms with Crippen LogP contribution in [0.5, 0.6) is 0 Å². The summed E-state index contributed by atoms with van der Waals surface area (Å²) in [6.07, 6.45) is 0. The number of hydrogen-bond acceptors (Lipinski definition) is 6. The third-order valence-electron chi connectivity index (χ3n) is 4.22. The highest BCUT2D eigenvalue weighted by Crippen LogP contribution is 2.20. The molecule has 0 radical (unpaired) electrons. The molecule has 3 rings (SSSR count). The molecule has 0 fully saturated rings. The summed E-state index contributed by atoms with van der Waals surface area (Å²) in [6.45, 7) is -0.286. The van der Waals surface area contributed by atoms with Crippen molar-refractivity contribution in [2.45, 2.75) is 11.7 Å². The van der Waals surface area contributed by atoms with Crippen molar-refractivity contribution in [1.29, 1.82) is 0 Å². The molecule has 0 aliphatic carbocycles. The first kappa shape index (κ1) is 21.8. The first-order chi connectivity index (χ1) is 14.2. The van der Waals surface area contributed by atoms with Crippen molar-refractivity contribution in [3.05, 3.63) is 88.1 Å². The Labute approximate surface area is 178 Å². The van der Waals surface area contributed by atoms with Gasteiger partial charge in [-0.1, -0.05) is 29.8 Å². The van der Waals surface area contributed by atoms with Gasteiger partial charge in [-0.2, -0.15) is 0 Å². The molecular weight excluding hydrogens is 430 g/mol. The lowest BCUT2D eigenvalue weighted by Crippen LogP contribution is -2.21. The zero-order valence-corrected chi connectivity index (χ0v) is 17.7. The van der Waals surface area contributed by atoms with Gasteiger partial charge in [-0.25, -0.2) is 17.5 Å². The maximum Gasteiger partial charge on any atom is 0.339 e. The highest BCUT2D eigenvalue weighted by molar-refractivity contribution is 7.88. The van der Waals surface area contributed by atoms with Crippen LogP contribution in [0.15, 0.2) is 70.2 Å². The number of nitrogens with zero attached hydrogens (tertiary/aromatic N) is 1. The molecule has 0 aliphatic rings. The summed E-state index contributed by atoms with van der Waals surface area (Å²) in [7, 11) is -0.964. The van der Waals surface area contributed by atoms with Crippen molar-refractivity contribution in [2.75, 3.05) is 14.1 Å². The molecule has 1 heterocycles. The molecule has 2 aromatic carbocycles. The van der Waals surface area contributed by atoms with Crippen LogP contribution in [0.3, 0.4) is 0 Å². The lowest BCUT2D eigenvalue weighted by atomic mass is 9.98. The maximum absolute atomic E-state index is 12.8. The zero-order chi connectivity index (χ0) is 21.9. The standard InChI is InChI=1S/C21H18ClNO6S/c1-23(2)30(26,27)19-12-11-16(29-19)13-28-21(25)18-6-4-3-5-17(18)20(24)14-7-9-15(22)10-8-14/h3-12H,13H2,1-2H3. The van der Waals surface area contributed by atoms with Crippen LogP contribution in [0.25, 0.3) is 0 Å². The van der Waals surface area contributed by atoms with Crippen molar-refractivity contribution in [1.82, 2.24) is 4.31 Å². The van der Waals surface area contributed by atoms with Crippen LogP contribution in [0.4, 0.5) is 0 Å². The Morgan fingerprint density at radius 1 is 0.967 bits per heavy atom. The van der Waals surface area contributed by atoms with Gasteiger partial charge in [0.1, 0.15) is 12.4 Å². The highest BCUT2D eigenvalue weighted by Gasteiger charge is 2.23. The second kappa shape index (κ2) is 8.83. The monoisotopic (exact) mass is 447 g/mol. The molecule has 0 atom stereocenters. The summed E-state index contributed by atoms with van der Waals surface area (Å²) in [6, 6.07) is 15.3. The van der Waals surface area contributed by atoms with Gasteiger partial charge in [0.25, 0.3) is 10.0 Å². The maximum atomic E-state index is 12.8. The molecular formula is C21H18ClNO6S. The molecule has 0 bridgehead atoms. The molecule has 3 aromatic rings. The first-order valence-corrected chi connectivity index (χ1v) is 10.6. The molecule has 1 aromatic heterocycles. The van der Waals surface area contributed by atoms with E-state index in [0.29, 0.717) is 10.6 Å². The number of hydrogen-bond donors (Lipinski definition) is 0. The summed E-state index contributed by atoms with van der Waals surface area (Å²) < 4.78 is 35.6. The van der Waals surface area contributed by atoms with E-state index in [1.165, 1.54) is 38.4 Å². The number of furan rings is 1. The number of esters is 1.